The molecule has 2 aromatic rings. The van der Waals surface area contributed by atoms with Gasteiger partial charge in [-0.25, -0.2) is 19.4 Å². The average molecular weight is 596 g/mol. The Bertz CT molecular complexity index is 1230. The van der Waals surface area contributed by atoms with Crippen molar-refractivity contribution in [2.75, 3.05) is 60.7 Å². The lowest BCUT2D eigenvalue weighted by atomic mass is 9.99. The molecule has 0 bridgehead atoms. The topological polar surface area (TPSA) is 123 Å². The van der Waals surface area contributed by atoms with E-state index in [1.54, 1.807) is 16.0 Å². The van der Waals surface area contributed by atoms with Gasteiger partial charge in [0.15, 0.2) is 11.9 Å². The fourth-order valence-corrected chi connectivity index (χ4v) is 5.55. The number of anilines is 3. The number of urea groups is 1. The molecular formula is C31H45N7O5. The highest BCUT2D eigenvalue weighted by Gasteiger charge is 2.37. The number of hydroxylamine groups is 1. The van der Waals surface area contributed by atoms with Crippen molar-refractivity contribution in [3.63, 3.8) is 0 Å². The number of aliphatic carboxylic acids is 1. The molecule has 0 radical (unpaired) electrons. The van der Waals surface area contributed by atoms with Crippen LogP contribution in [0.5, 0.6) is 0 Å². The maximum Gasteiger partial charge on any atom is 0.434 e. The Kier molecular flexibility index (Phi) is 11.0. The van der Waals surface area contributed by atoms with Gasteiger partial charge in [0.05, 0.1) is 6.20 Å². The standard InChI is InChI=1S/C31H45N7O5/c1-5-34(6-2)29-32-22-26(37(7-3)30(41)35-19-15-23(4)16-20-35)27(33-29)38(43-31(42)36-17-11-12-18-36)25(28(39)40)21-24-13-9-8-10-14-24/h8-10,13-14,22-23,25H,5-7,11-12,15-21H2,1-4H3,(H,39,40)/t25-/m0/s1. The Morgan fingerprint density at radius 1 is 0.977 bits per heavy atom. The normalized spacial score (nSPS) is 16.1. The molecule has 2 aliphatic heterocycles. The van der Waals surface area contributed by atoms with Gasteiger partial charge in [0.1, 0.15) is 5.69 Å². The van der Waals surface area contributed by atoms with Crippen LogP contribution in [0.25, 0.3) is 0 Å². The minimum atomic E-state index is -1.32. The van der Waals surface area contributed by atoms with Crippen LogP contribution in [-0.4, -0.2) is 94.8 Å². The summed E-state index contributed by atoms with van der Waals surface area (Å²) < 4.78 is 0. The number of nitrogens with zero attached hydrogens (tertiary/aromatic N) is 7. The number of likely N-dealkylation sites (tertiary alicyclic amines) is 2. The molecule has 1 atom stereocenters. The van der Waals surface area contributed by atoms with Crippen LogP contribution in [0.1, 0.15) is 58.9 Å². The molecular weight excluding hydrogens is 550 g/mol. The highest BCUT2D eigenvalue weighted by molar-refractivity contribution is 5.95. The molecule has 0 saturated carbocycles. The second-order valence-electron chi connectivity index (χ2n) is 11.2. The van der Waals surface area contributed by atoms with Crippen LogP contribution in [0.2, 0.25) is 0 Å². The first-order valence-corrected chi connectivity index (χ1v) is 15.5. The van der Waals surface area contributed by atoms with Crippen molar-refractivity contribution in [2.45, 2.75) is 65.8 Å². The van der Waals surface area contributed by atoms with E-state index in [1.807, 2.05) is 60.9 Å². The summed E-state index contributed by atoms with van der Waals surface area (Å²) in [7, 11) is 0. The maximum absolute atomic E-state index is 13.9. The number of amides is 3. The molecule has 2 saturated heterocycles. The summed E-state index contributed by atoms with van der Waals surface area (Å²) in [6.45, 7) is 11.8. The van der Waals surface area contributed by atoms with E-state index in [0.717, 1.165) is 36.3 Å². The first-order chi connectivity index (χ1) is 20.8. The summed E-state index contributed by atoms with van der Waals surface area (Å²) in [6, 6.07) is 7.65. The van der Waals surface area contributed by atoms with Crippen molar-refractivity contribution in [1.82, 2.24) is 19.8 Å². The Morgan fingerprint density at radius 2 is 1.63 bits per heavy atom. The molecule has 0 aliphatic carbocycles. The lowest BCUT2D eigenvalue weighted by Gasteiger charge is -2.37. The molecule has 1 N–H and O–H groups in total. The largest absolute Gasteiger partial charge is 0.480 e. The molecule has 12 nitrogen and oxygen atoms in total. The summed E-state index contributed by atoms with van der Waals surface area (Å²) in [5.74, 6) is -0.230. The number of rotatable bonds is 11. The summed E-state index contributed by atoms with van der Waals surface area (Å²) in [4.78, 5) is 62.5. The Morgan fingerprint density at radius 3 is 2.21 bits per heavy atom. The molecule has 4 rings (SSSR count). The van der Waals surface area contributed by atoms with Crippen LogP contribution in [0.3, 0.4) is 0 Å². The first kappa shape index (κ1) is 31.8. The molecule has 0 unspecified atom stereocenters. The van der Waals surface area contributed by atoms with Crippen LogP contribution in [0.4, 0.5) is 27.0 Å². The third kappa shape index (κ3) is 7.66. The van der Waals surface area contributed by atoms with Gasteiger partial charge in [-0.05, 0) is 57.9 Å². The number of benzene rings is 1. The number of hydrogen-bond acceptors (Lipinski definition) is 8. The quantitative estimate of drug-likeness (QED) is 0.370. The molecule has 0 spiro atoms. The second kappa shape index (κ2) is 14.9. The maximum atomic E-state index is 13.9. The van der Waals surface area contributed by atoms with Crippen molar-refractivity contribution in [3.8, 4) is 0 Å². The highest BCUT2D eigenvalue weighted by Crippen LogP contribution is 2.33. The van der Waals surface area contributed by atoms with Gasteiger partial charge in [0.2, 0.25) is 5.95 Å². The minimum absolute atomic E-state index is 0.0393. The van der Waals surface area contributed by atoms with Crippen LogP contribution in [0.15, 0.2) is 36.5 Å². The molecule has 3 heterocycles. The fraction of sp³-hybridized carbons (Fsp3) is 0.581. The molecule has 1 aromatic carbocycles. The highest BCUT2D eigenvalue weighted by atomic mass is 16.7. The van der Waals surface area contributed by atoms with Gasteiger partial charge in [-0.15, -0.1) is 0 Å². The van der Waals surface area contributed by atoms with E-state index in [-0.39, 0.29) is 30.5 Å². The number of piperidine rings is 1. The SMILES string of the molecule is CCN(CC)c1ncc(N(CC)C(=O)N2CCC(C)CC2)c(N(OC(=O)N2CCCC2)[C@@H](Cc2ccccc2)C(=O)O)n1. The van der Waals surface area contributed by atoms with Crippen molar-refractivity contribution < 1.29 is 24.3 Å². The van der Waals surface area contributed by atoms with Gasteiger partial charge in [-0.3, -0.25) is 4.90 Å². The monoisotopic (exact) mass is 595 g/mol. The average Bonchev–Trinajstić information content (AvgIpc) is 3.56. The Balaban J connectivity index is 1.84. The second-order valence-corrected chi connectivity index (χ2v) is 11.2. The predicted octanol–water partition coefficient (Wildman–Crippen LogP) is 4.65. The van der Waals surface area contributed by atoms with Gasteiger partial charge >= 0.3 is 18.1 Å². The number of carbonyl (C=O) groups excluding carboxylic acids is 2. The smallest absolute Gasteiger partial charge is 0.434 e. The first-order valence-electron chi connectivity index (χ1n) is 15.5. The van der Waals surface area contributed by atoms with Gasteiger partial charge in [0.25, 0.3) is 0 Å². The molecule has 234 valence electrons. The number of hydrogen-bond donors (Lipinski definition) is 1. The van der Waals surface area contributed by atoms with Crippen molar-refractivity contribution in [2.24, 2.45) is 5.92 Å². The van der Waals surface area contributed by atoms with E-state index in [0.29, 0.717) is 51.1 Å². The molecule has 2 aliphatic rings. The van der Waals surface area contributed by atoms with Gasteiger partial charge in [0, 0.05) is 52.2 Å². The van der Waals surface area contributed by atoms with E-state index in [4.69, 9.17) is 9.82 Å². The van der Waals surface area contributed by atoms with E-state index >= 15 is 0 Å². The van der Waals surface area contributed by atoms with Gasteiger partial charge in [-0.2, -0.15) is 10.0 Å². The molecule has 12 heteroatoms. The summed E-state index contributed by atoms with van der Waals surface area (Å²) in [5.41, 5.74) is 1.04. The Hall–Kier alpha value is -4.09. The Labute approximate surface area is 254 Å². The van der Waals surface area contributed by atoms with E-state index in [1.165, 1.54) is 0 Å². The summed E-state index contributed by atoms with van der Waals surface area (Å²) in [6.07, 6.45) is 4.44. The molecule has 1 aromatic heterocycles. The van der Waals surface area contributed by atoms with Crippen LogP contribution < -0.4 is 14.9 Å². The van der Waals surface area contributed by atoms with E-state index < -0.39 is 18.1 Å². The molecule has 43 heavy (non-hydrogen) atoms. The summed E-state index contributed by atoms with van der Waals surface area (Å²) in [5, 5.41) is 11.6. The molecule has 2 fully saturated rings. The zero-order valence-electron chi connectivity index (χ0n) is 25.8. The zero-order chi connectivity index (χ0) is 30.9. The van der Waals surface area contributed by atoms with Crippen LogP contribution in [0, 0.1) is 5.92 Å². The predicted molar refractivity (Wildman–Crippen MR) is 165 cm³/mol. The molecule has 3 amide bonds. The van der Waals surface area contributed by atoms with Crippen LogP contribution in [-0.2, 0) is 16.1 Å². The van der Waals surface area contributed by atoms with E-state index in [9.17, 15) is 19.5 Å². The summed E-state index contributed by atoms with van der Waals surface area (Å²) >= 11 is 0. The van der Waals surface area contributed by atoms with Crippen LogP contribution >= 0.6 is 0 Å². The van der Waals surface area contributed by atoms with Gasteiger partial charge in [-0.1, -0.05) is 37.3 Å². The van der Waals surface area contributed by atoms with Gasteiger partial charge < -0.3 is 24.6 Å². The lowest BCUT2D eigenvalue weighted by molar-refractivity contribution is -0.140. The van der Waals surface area contributed by atoms with Crippen molar-refractivity contribution in [1.29, 1.82) is 0 Å². The van der Waals surface area contributed by atoms with Crippen molar-refractivity contribution in [3.05, 3.63) is 42.1 Å². The van der Waals surface area contributed by atoms with E-state index in [2.05, 4.69) is 11.9 Å². The number of aromatic nitrogens is 2. The fourth-order valence-electron chi connectivity index (χ4n) is 5.55. The number of carboxylic acid groups (broad SMARTS) is 1. The zero-order valence-corrected chi connectivity index (χ0v) is 25.8. The minimum Gasteiger partial charge on any atom is -0.480 e. The number of carbonyl (C=O) groups is 3. The number of carboxylic acids is 1. The lowest BCUT2D eigenvalue weighted by Crippen LogP contribution is -2.50. The third-order valence-corrected chi connectivity index (χ3v) is 8.27. The van der Waals surface area contributed by atoms with Crippen molar-refractivity contribution >= 4 is 35.5 Å². The third-order valence-electron chi connectivity index (χ3n) is 8.27.